The van der Waals surface area contributed by atoms with E-state index in [-0.39, 0.29) is 11.9 Å². The molecular formula is C13H19ClFN. The zero-order valence-electron chi connectivity index (χ0n) is 10.1. The molecule has 1 rings (SSSR count). The summed E-state index contributed by atoms with van der Waals surface area (Å²) in [7, 11) is 1.86. The molecule has 0 spiro atoms. The molecule has 0 saturated carbocycles. The monoisotopic (exact) mass is 243 g/mol. The first kappa shape index (κ1) is 13.5. The average Bonchev–Trinajstić information content (AvgIpc) is 2.26. The van der Waals surface area contributed by atoms with Crippen LogP contribution in [0.5, 0.6) is 0 Å². The highest BCUT2D eigenvalue weighted by Gasteiger charge is 2.16. The fraction of sp³-hybridized carbons (Fsp3) is 0.538. The van der Waals surface area contributed by atoms with E-state index in [1.807, 2.05) is 7.05 Å². The lowest BCUT2D eigenvalue weighted by Gasteiger charge is -2.20. The van der Waals surface area contributed by atoms with Crippen LogP contribution in [0.3, 0.4) is 0 Å². The first-order chi connectivity index (χ1) is 7.58. The Kier molecular flexibility index (Phi) is 5.23. The van der Waals surface area contributed by atoms with Crippen LogP contribution >= 0.6 is 11.6 Å². The molecule has 0 aliphatic carbocycles. The molecule has 0 aliphatic heterocycles. The Hall–Kier alpha value is -0.600. The Balaban J connectivity index is 2.86. The van der Waals surface area contributed by atoms with E-state index in [0.717, 1.165) is 12.8 Å². The van der Waals surface area contributed by atoms with Crippen LogP contribution in [0.25, 0.3) is 0 Å². The minimum Gasteiger partial charge on any atom is -0.313 e. The van der Waals surface area contributed by atoms with Gasteiger partial charge in [-0.15, -0.1) is 0 Å². The Morgan fingerprint density at radius 2 is 2.12 bits per heavy atom. The molecule has 0 heterocycles. The van der Waals surface area contributed by atoms with Gasteiger partial charge in [0, 0.05) is 16.6 Å². The van der Waals surface area contributed by atoms with Gasteiger partial charge in [-0.2, -0.15) is 0 Å². The van der Waals surface area contributed by atoms with Crippen molar-refractivity contribution in [3.8, 4) is 0 Å². The van der Waals surface area contributed by atoms with Crippen molar-refractivity contribution in [1.82, 2.24) is 5.32 Å². The van der Waals surface area contributed by atoms with Gasteiger partial charge in [-0.1, -0.05) is 37.9 Å². The largest absolute Gasteiger partial charge is 0.313 e. The zero-order valence-corrected chi connectivity index (χ0v) is 10.8. The maximum atomic E-state index is 13.7. The normalized spacial score (nSPS) is 14.8. The van der Waals surface area contributed by atoms with Crippen molar-refractivity contribution in [2.45, 2.75) is 32.7 Å². The third-order valence-electron chi connectivity index (χ3n) is 3.02. The van der Waals surface area contributed by atoms with Crippen LogP contribution in [-0.2, 0) is 0 Å². The van der Waals surface area contributed by atoms with E-state index < -0.39 is 0 Å². The maximum Gasteiger partial charge on any atom is 0.129 e. The SMILES string of the molecule is CCC(C)CC(NC)c1ccc(Cl)cc1F. The lowest BCUT2D eigenvalue weighted by atomic mass is 9.94. The van der Waals surface area contributed by atoms with Crippen LogP contribution in [0.4, 0.5) is 4.39 Å². The van der Waals surface area contributed by atoms with Crippen LogP contribution in [-0.4, -0.2) is 7.05 Å². The second-order valence-electron chi connectivity index (χ2n) is 4.26. The average molecular weight is 244 g/mol. The van der Waals surface area contributed by atoms with Crippen molar-refractivity contribution in [2.75, 3.05) is 7.05 Å². The van der Waals surface area contributed by atoms with Gasteiger partial charge in [0.2, 0.25) is 0 Å². The standard InChI is InChI=1S/C13H19ClFN/c1-4-9(2)7-13(16-3)11-6-5-10(14)8-12(11)15/h5-6,8-9,13,16H,4,7H2,1-3H3. The molecule has 2 atom stereocenters. The van der Waals surface area contributed by atoms with Gasteiger partial charge in [0.25, 0.3) is 0 Å². The number of nitrogens with one attached hydrogen (secondary N) is 1. The van der Waals surface area contributed by atoms with Gasteiger partial charge in [-0.25, -0.2) is 4.39 Å². The third kappa shape index (κ3) is 3.46. The number of hydrogen-bond donors (Lipinski definition) is 1. The second kappa shape index (κ2) is 6.21. The van der Waals surface area contributed by atoms with Gasteiger partial charge in [-0.05, 0) is 31.5 Å². The smallest absolute Gasteiger partial charge is 0.129 e. The van der Waals surface area contributed by atoms with E-state index in [4.69, 9.17) is 11.6 Å². The van der Waals surface area contributed by atoms with Crippen molar-refractivity contribution in [1.29, 1.82) is 0 Å². The highest BCUT2D eigenvalue weighted by Crippen LogP contribution is 2.26. The lowest BCUT2D eigenvalue weighted by molar-refractivity contribution is 0.410. The summed E-state index contributed by atoms with van der Waals surface area (Å²) in [4.78, 5) is 0. The predicted molar refractivity (Wildman–Crippen MR) is 67.3 cm³/mol. The van der Waals surface area contributed by atoms with E-state index in [0.29, 0.717) is 16.5 Å². The molecule has 1 aromatic carbocycles. The molecule has 1 N–H and O–H groups in total. The molecule has 0 aliphatic rings. The van der Waals surface area contributed by atoms with E-state index in [1.54, 1.807) is 12.1 Å². The van der Waals surface area contributed by atoms with E-state index in [1.165, 1.54) is 6.07 Å². The summed E-state index contributed by atoms with van der Waals surface area (Å²) in [5.41, 5.74) is 0.701. The fourth-order valence-corrected chi connectivity index (χ4v) is 1.91. The van der Waals surface area contributed by atoms with Crippen LogP contribution < -0.4 is 5.32 Å². The van der Waals surface area contributed by atoms with Gasteiger partial charge in [0.1, 0.15) is 5.82 Å². The first-order valence-corrected chi connectivity index (χ1v) is 6.08. The number of halogens is 2. The zero-order chi connectivity index (χ0) is 12.1. The minimum absolute atomic E-state index is 0.0622. The van der Waals surface area contributed by atoms with Crippen molar-refractivity contribution in [3.63, 3.8) is 0 Å². The van der Waals surface area contributed by atoms with Crippen LogP contribution in [0, 0.1) is 11.7 Å². The first-order valence-electron chi connectivity index (χ1n) is 5.70. The van der Waals surface area contributed by atoms with Crippen molar-refractivity contribution < 1.29 is 4.39 Å². The Bertz CT molecular complexity index is 341. The maximum absolute atomic E-state index is 13.7. The summed E-state index contributed by atoms with van der Waals surface area (Å²) in [6.07, 6.45) is 2.04. The highest BCUT2D eigenvalue weighted by molar-refractivity contribution is 6.30. The molecule has 0 fully saturated rings. The van der Waals surface area contributed by atoms with E-state index in [2.05, 4.69) is 19.2 Å². The quantitative estimate of drug-likeness (QED) is 0.818. The number of hydrogen-bond acceptors (Lipinski definition) is 1. The van der Waals surface area contributed by atoms with Crippen molar-refractivity contribution in [3.05, 3.63) is 34.6 Å². The Labute approximate surface area is 102 Å². The molecule has 3 heteroatoms. The minimum atomic E-state index is -0.227. The van der Waals surface area contributed by atoms with E-state index in [9.17, 15) is 4.39 Å². The van der Waals surface area contributed by atoms with E-state index >= 15 is 0 Å². The second-order valence-corrected chi connectivity index (χ2v) is 4.69. The molecule has 1 aromatic rings. The third-order valence-corrected chi connectivity index (χ3v) is 3.26. The molecule has 1 nitrogen and oxygen atoms in total. The Morgan fingerprint density at radius 3 is 2.62 bits per heavy atom. The molecule has 0 bridgehead atoms. The van der Waals surface area contributed by atoms with Gasteiger partial charge in [0.05, 0.1) is 0 Å². The summed E-state index contributed by atoms with van der Waals surface area (Å²) >= 11 is 5.74. The van der Waals surface area contributed by atoms with Gasteiger partial charge < -0.3 is 5.32 Å². The summed E-state index contributed by atoms with van der Waals surface area (Å²) in [6.45, 7) is 4.33. The topological polar surface area (TPSA) is 12.0 Å². The van der Waals surface area contributed by atoms with Gasteiger partial charge >= 0.3 is 0 Å². The predicted octanol–water partition coefficient (Wildman–Crippen LogP) is 4.18. The lowest BCUT2D eigenvalue weighted by Crippen LogP contribution is -2.20. The Morgan fingerprint density at radius 1 is 1.44 bits per heavy atom. The molecular weight excluding hydrogens is 225 g/mol. The summed E-state index contributed by atoms with van der Waals surface area (Å²) in [5, 5.41) is 3.60. The van der Waals surface area contributed by atoms with Crippen LogP contribution in [0.1, 0.15) is 38.3 Å². The van der Waals surface area contributed by atoms with Crippen molar-refractivity contribution >= 4 is 11.6 Å². The summed E-state index contributed by atoms with van der Waals surface area (Å²) in [5.74, 6) is 0.350. The molecule has 2 unspecified atom stereocenters. The number of benzene rings is 1. The molecule has 0 amide bonds. The van der Waals surface area contributed by atoms with Crippen LogP contribution in [0.2, 0.25) is 5.02 Å². The number of rotatable bonds is 5. The van der Waals surface area contributed by atoms with Crippen LogP contribution in [0.15, 0.2) is 18.2 Å². The highest BCUT2D eigenvalue weighted by atomic mass is 35.5. The van der Waals surface area contributed by atoms with Gasteiger partial charge in [-0.3, -0.25) is 0 Å². The van der Waals surface area contributed by atoms with Gasteiger partial charge in [0.15, 0.2) is 0 Å². The molecule has 90 valence electrons. The summed E-state index contributed by atoms with van der Waals surface area (Å²) in [6, 6.07) is 4.94. The van der Waals surface area contributed by atoms with Crippen molar-refractivity contribution in [2.24, 2.45) is 5.92 Å². The molecule has 16 heavy (non-hydrogen) atoms. The molecule has 0 aromatic heterocycles. The molecule has 0 saturated heterocycles. The fourth-order valence-electron chi connectivity index (χ4n) is 1.75. The molecule has 0 radical (unpaired) electrons. The summed E-state index contributed by atoms with van der Waals surface area (Å²) < 4.78 is 13.7.